The van der Waals surface area contributed by atoms with E-state index < -0.39 is 10.0 Å². The zero-order valence-corrected chi connectivity index (χ0v) is 12.6. The molecule has 0 radical (unpaired) electrons. The molecule has 0 fully saturated rings. The number of hydrogen-bond donors (Lipinski definition) is 1. The third-order valence-electron chi connectivity index (χ3n) is 2.57. The van der Waals surface area contributed by atoms with Gasteiger partial charge in [0.25, 0.3) is 0 Å². The number of halogens is 1. The molecule has 0 saturated heterocycles. The first-order valence-electron chi connectivity index (χ1n) is 5.45. The van der Waals surface area contributed by atoms with Gasteiger partial charge in [0.1, 0.15) is 0 Å². The van der Waals surface area contributed by atoms with Crippen molar-refractivity contribution in [2.75, 3.05) is 12.8 Å². The molecule has 19 heavy (non-hydrogen) atoms. The van der Waals surface area contributed by atoms with Crippen LogP contribution in [0.25, 0.3) is 0 Å². The molecule has 1 aromatic heterocycles. The molecule has 0 spiro atoms. The SMILES string of the molecule is CN(Cc1ccc(Cl)s1)S(=O)(=O)c1cccc(N)c1. The maximum atomic E-state index is 12.3. The highest BCUT2D eigenvalue weighted by Gasteiger charge is 2.21. The lowest BCUT2D eigenvalue weighted by atomic mass is 10.3. The van der Waals surface area contributed by atoms with Crippen LogP contribution in [0.2, 0.25) is 4.34 Å². The summed E-state index contributed by atoms with van der Waals surface area (Å²) in [4.78, 5) is 1.08. The summed E-state index contributed by atoms with van der Waals surface area (Å²) in [5.74, 6) is 0. The zero-order valence-electron chi connectivity index (χ0n) is 10.2. The highest BCUT2D eigenvalue weighted by Crippen LogP contribution is 2.25. The van der Waals surface area contributed by atoms with E-state index in [-0.39, 0.29) is 11.4 Å². The minimum atomic E-state index is -3.53. The molecule has 0 aliphatic rings. The van der Waals surface area contributed by atoms with Crippen LogP contribution in [-0.4, -0.2) is 19.8 Å². The van der Waals surface area contributed by atoms with Crippen LogP contribution in [0.5, 0.6) is 0 Å². The normalized spacial score (nSPS) is 11.9. The van der Waals surface area contributed by atoms with Crippen LogP contribution < -0.4 is 5.73 Å². The van der Waals surface area contributed by atoms with Gasteiger partial charge >= 0.3 is 0 Å². The first-order valence-corrected chi connectivity index (χ1v) is 8.09. The van der Waals surface area contributed by atoms with Crippen LogP contribution in [-0.2, 0) is 16.6 Å². The second kappa shape index (κ2) is 5.50. The van der Waals surface area contributed by atoms with Crippen molar-refractivity contribution in [3.05, 3.63) is 45.6 Å². The lowest BCUT2D eigenvalue weighted by Gasteiger charge is -2.16. The molecule has 0 unspecified atom stereocenters. The van der Waals surface area contributed by atoms with E-state index in [4.69, 9.17) is 17.3 Å². The second-order valence-corrected chi connectivity index (χ2v) is 7.88. The third-order valence-corrected chi connectivity index (χ3v) is 5.59. The molecule has 2 rings (SSSR count). The molecule has 0 aliphatic carbocycles. The number of hydrogen-bond acceptors (Lipinski definition) is 4. The molecule has 102 valence electrons. The Labute approximate surface area is 121 Å². The van der Waals surface area contributed by atoms with Gasteiger partial charge in [0.2, 0.25) is 10.0 Å². The molecule has 0 saturated carbocycles. The van der Waals surface area contributed by atoms with Crippen LogP contribution in [0.3, 0.4) is 0 Å². The van der Waals surface area contributed by atoms with E-state index >= 15 is 0 Å². The molecule has 1 heterocycles. The molecular weight excluding hydrogens is 304 g/mol. The van der Waals surface area contributed by atoms with Gasteiger partial charge in [-0.25, -0.2) is 8.42 Å². The van der Waals surface area contributed by atoms with E-state index in [1.54, 1.807) is 18.2 Å². The predicted octanol–water partition coefficient (Wildman–Crippen LogP) is 2.80. The summed E-state index contributed by atoms with van der Waals surface area (Å²) in [5.41, 5.74) is 6.04. The van der Waals surface area contributed by atoms with Gasteiger partial charge in [-0.3, -0.25) is 0 Å². The lowest BCUT2D eigenvalue weighted by Crippen LogP contribution is -2.26. The number of rotatable bonds is 4. The topological polar surface area (TPSA) is 63.4 Å². The van der Waals surface area contributed by atoms with E-state index in [0.29, 0.717) is 10.0 Å². The Kier molecular flexibility index (Phi) is 4.15. The van der Waals surface area contributed by atoms with Gasteiger partial charge in [-0.05, 0) is 30.3 Å². The fourth-order valence-electron chi connectivity index (χ4n) is 1.60. The molecule has 2 aromatic rings. The maximum Gasteiger partial charge on any atom is 0.243 e. The zero-order chi connectivity index (χ0) is 14.0. The Morgan fingerprint density at radius 3 is 2.63 bits per heavy atom. The molecule has 4 nitrogen and oxygen atoms in total. The molecule has 0 amide bonds. The molecule has 0 bridgehead atoms. The minimum absolute atomic E-state index is 0.192. The van der Waals surface area contributed by atoms with Crippen molar-refractivity contribution in [3.8, 4) is 0 Å². The molecule has 0 aliphatic heterocycles. The highest BCUT2D eigenvalue weighted by molar-refractivity contribution is 7.89. The largest absolute Gasteiger partial charge is 0.399 e. The van der Waals surface area contributed by atoms with Crippen LogP contribution in [0, 0.1) is 0 Å². The summed E-state index contributed by atoms with van der Waals surface area (Å²) >= 11 is 7.20. The van der Waals surface area contributed by atoms with Gasteiger partial charge in [-0.2, -0.15) is 4.31 Å². The molecule has 7 heteroatoms. The van der Waals surface area contributed by atoms with Gasteiger partial charge < -0.3 is 5.73 Å². The van der Waals surface area contributed by atoms with Gasteiger partial charge in [0, 0.05) is 24.2 Å². The fraction of sp³-hybridized carbons (Fsp3) is 0.167. The number of anilines is 1. The smallest absolute Gasteiger partial charge is 0.243 e. The summed E-state index contributed by atoms with van der Waals surface area (Å²) in [5, 5.41) is 0. The Morgan fingerprint density at radius 1 is 1.32 bits per heavy atom. The average Bonchev–Trinajstić information content (AvgIpc) is 2.74. The van der Waals surface area contributed by atoms with Crippen molar-refractivity contribution < 1.29 is 8.42 Å². The number of nitrogens with two attached hydrogens (primary N) is 1. The van der Waals surface area contributed by atoms with Crippen molar-refractivity contribution in [3.63, 3.8) is 0 Å². The standard InChI is InChI=1S/C12H13ClN2O2S2/c1-15(8-10-5-6-12(13)18-10)19(16,17)11-4-2-3-9(14)7-11/h2-7H,8,14H2,1H3. The van der Waals surface area contributed by atoms with Gasteiger partial charge in [0.05, 0.1) is 9.23 Å². The number of benzene rings is 1. The Morgan fingerprint density at radius 2 is 2.05 bits per heavy atom. The maximum absolute atomic E-state index is 12.3. The second-order valence-electron chi connectivity index (χ2n) is 4.04. The average molecular weight is 317 g/mol. The van der Waals surface area contributed by atoms with Crippen molar-refractivity contribution >= 4 is 38.6 Å². The number of nitrogens with zero attached hydrogens (tertiary/aromatic N) is 1. The Hall–Kier alpha value is -1.08. The van der Waals surface area contributed by atoms with E-state index in [2.05, 4.69) is 0 Å². The third kappa shape index (κ3) is 3.27. The molecule has 1 aromatic carbocycles. The van der Waals surface area contributed by atoms with Crippen LogP contribution in [0.4, 0.5) is 5.69 Å². The predicted molar refractivity (Wildman–Crippen MR) is 78.8 cm³/mol. The number of thiophene rings is 1. The summed E-state index contributed by atoms with van der Waals surface area (Å²) in [6, 6.07) is 9.83. The summed E-state index contributed by atoms with van der Waals surface area (Å²) in [6.07, 6.45) is 0. The van der Waals surface area contributed by atoms with Crippen molar-refractivity contribution in [1.29, 1.82) is 0 Å². The van der Waals surface area contributed by atoms with Crippen molar-refractivity contribution in [2.45, 2.75) is 11.4 Å². The fourth-order valence-corrected chi connectivity index (χ4v) is 4.02. The number of nitrogen functional groups attached to an aromatic ring is 1. The van der Waals surface area contributed by atoms with E-state index in [9.17, 15) is 8.42 Å². The van der Waals surface area contributed by atoms with E-state index in [1.165, 1.54) is 34.8 Å². The molecular formula is C12H13ClN2O2S2. The Bertz CT molecular complexity index is 683. The van der Waals surface area contributed by atoms with Gasteiger partial charge in [-0.15, -0.1) is 11.3 Å². The van der Waals surface area contributed by atoms with Crippen LogP contribution >= 0.6 is 22.9 Å². The quantitative estimate of drug-likeness (QED) is 0.882. The summed E-state index contributed by atoms with van der Waals surface area (Å²) < 4.78 is 26.6. The first kappa shape index (κ1) is 14.3. The number of sulfonamides is 1. The highest BCUT2D eigenvalue weighted by atomic mass is 35.5. The first-order chi connectivity index (χ1) is 8.89. The molecule has 0 atom stereocenters. The van der Waals surface area contributed by atoms with E-state index in [1.807, 2.05) is 6.07 Å². The summed E-state index contributed by atoms with van der Waals surface area (Å²) in [6.45, 7) is 0.286. The van der Waals surface area contributed by atoms with Gasteiger partial charge in [0.15, 0.2) is 0 Å². The van der Waals surface area contributed by atoms with Gasteiger partial charge in [-0.1, -0.05) is 17.7 Å². The van der Waals surface area contributed by atoms with Crippen molar-refractivity contribution in [1.82, 2.24) is 4.31 Å². The van der Waals surface area contributed by atoms with Crippen LogP contribution in [0.15, 0.2) is 41.3 Å². The van der Waals surface area contributed by atoms with Crippen LogP contribution in [0.1, 0.15) is 4.88 Å². The van der Waals surface area contributed by atoms with E-state index in [0.717, 1.165) is 4.88 Å². The molecule has 2 N–H and O–H groups in total. The lowest BCUT2D eigenvalue weighted by molar-refractivity contribution is 0.469. The van der Waals surface area contributed by atoms with Crippen molar-refractivity contribution in [2.24, 2.45) is 0 Å². The monoisotopic (exact) mass is 316 g/mol. The Balaban J connectivity index is 2.24. The minimum Gasteiger partial charge on any atom is -0.399 e. The summed E-state index contributed by atoms with van der Waals surface area (Å²) in [7, 11) is -2.00.